The third-order valence-corrected chi connectivity index (χ3v) is 2.66. The molecule has 0 N–H and O–H groups in total. The monoisotopic (exact) mass is 156 g/mol. The number of hydrogen-bond donors (Lipinski definition) is 0. The Bertz CT molecular complexity index is 190. The van der Waals surface area contributed by atoms with Crippen molar-refractivity contribution in [1.29, 1.82) is 0 Å². The second-order valence-corrected chi connectivity index (χ2v) is 4.47. The Labute approximate surface area is 67.9 Å². The Kier molecular flexibility index (Phi) is 1.64. The SMILES string of the molecule is CC(=O)C1OC1(C)C(C)(C)C. The minimum absolute atomic E-state index is 0.0589. The fourth-order valence-corrected chi connectivity index (χ4v) is 1.25. The van der Waals surface area contributed by atoms with Gasteiger partial charge < -0.3 is 4.74 Å². The van der Waals surface area contributed by atoms with Crippen molar-refractivity contribution in [3.05, 3.63) is 0 Å². The molecule has 1 aliphatic heterocycles. The molecule has 0 aromatic heterocycles. The van der Waals surface area contributed by atoms with Crippen LogP contribution in [0.2, 0.25) is 0 Å². The second kappa shape index (κ2) is 2.07. The Hall–Kier alpha value is -0.370. The number of Topliss-reactive ketones (excluding diaryl/α,β-unsaturated/α-hetero) is 1. The summed E-state index contributed by atoms with van der Waals surface area (Å²) in [6.45, 7) is 9.86. The Morgan fingerprint density at radius 2 is 1.91 bits per heavy atom. The van der Waals surface area contributed by atoms with Crippen LogP contribution >= 0.6 is 0 Å². The molecule has 2 atom stereocenters. The van der Waals surface area contributed by atoms with Crippen molar-refractivity contribution in [1.82, 2.24) is 0 Å². The molecule has 1 saturated heterocycles. The molecule has 64 valence electrons. The molecule has 0 aliphatic carbocycles. The number of carbonyl (C=O) groups excluding carboxylic acids is 1. The van der Waals surface area contributed by atoms with E-state index in [-0.39, 0.29) is 22.9 Å². The summed E-state index contributed by atoms with van der Waals surface area (Å²) in [6, 6.07) is 0. The molecular formula is C9H16O2. The average Bonchev–Trinajstić information content (AvgIpc) is 2.40. The summed E-state index contributed by atoms with van der Waals surface area (Å²) in [5, 5.41) is 0. The zero-order valence-electron chi connectivity index (χ0n) is 7.89. The highest BCUT2D eigenvalue weighted by molar-refractivity contribution is 5.84. The van der Waals surface area contributed by atoms with Crippen LogP contribution in [-0.4, -0.2) is 17.5 Å². The number of ether oxygens (including phenoxy) is 1. The zero-order chi connectivity index (χ0) is 8.86. The first kappa shape index (κ1) is 8.72. The lowest BCUT2D eigenvalue weighted by Crippen LogP contribution is -2.31. The van der Waals surface area contributed by atoms with E-state index in [2.05, 4.69) is 20.8 Å². The summed E-state index contributed by atoms with van der Waals surface area (Å²) in [5.41, 5.74) is -0.165. The number of carbonyl (C=O) groups is 1. The van der Waals surface area contributed by atoms with E-state index in [1.807, 2.05) is 6.92 Å². The van der Waals surface area contributed by atoms with E-state index in [1.54, 1.807) is 6.92 Å². The summed E-state index contributed by atoms with van der Waals surface area (Å²) >= 11 is 0. The van der Waals surface area contributed by atoms with Gasteiger partial charge >= 0.3 is 0 Å². The van der Waals surface area contributed by atoms with Gasteiger partial charge in [-0.2, -0.15) is 0 Å². The van der Waals surface area contributed by atoms with Crippen molar-refractivity contribution in [2.75, 3.05) is 0 Å². The molecule has 1 rings (SSSR count). The molecule has 2 heteroatoms. The molecule has 1 aliphatic rings. The minimum atomic E-state index is -0.223. The predicted octanol–water partition coefficient (Wildman–Crippen LogP) is 1.78. The lowest BCUT2D eigenvalue weighted by atomic mass is 9.79. The molecule has 1 heterocycles. The highest BCUT2D eigenvalue weighted by atomic mass is 16.6. The van der Waals surface area contributed by atoms with Crippen molar-refractivity contribution in [3.63, 3.8) is 0 Å². The molecule has 0 amide bonds. The van der Waals surface area contributed by atoms with Gasteiger partial charge in [0.2, 0.25) is 0 Å². The van der Waals surface area contributed by atoms with E-state index >= 15 is 0 Å². The van der Waals surface area contributed by atoms with E-state index in [0.717, 1.165) is 0 Å². The lowest BCUT2D eigenvalue weighted by molar-refractivity contribution is -0.118. The average molecular weight is 156 g/mol. The van der Waals surface area contributed by atoms with Gasteiger partial charge in [0, 0.05) is 0 Å². The number of epoxide rings is 1. The molecule has 1 fully saturated rings. The highest BCUT2D eigenvalue weighted by Crippen LogP contribution is 2.49. The van der Waals surface area contributed by atoms with Gasteiger partial charge in [0.15, 0.2) is 5.78 Å². The van der Waals surface area contributed by atoms with E-state index in [4.69, 9.17) is 4.74 Å². The molecule has 0 aromatic rings. The quantitative estimate of drug-likeness (QED) is 0.541. The first-order valence-corrected chi connectivity index (χ1v) is 3.97. The van der Waals surface area contributed by atoms with Crippen LogP contribution in [0.3, 0.4) is 0 Å². The Morgan fingerprint density at radius 3 is 2.00 bits per heavy atom. The number of hydrogen-bond acceptors (Lipinski definition) is 2. The molecule has 0 aromatic carbocycles. The molecule has 2 unspecified atom stereocenters. The Balaban J connectivity index is 2.70. The van der Waals surface area contributed by atoms with Crippen molar-refractivity contribution in [2.24, 2.45) is 5.41 Å². The van der Waals surface area contributed by atoms with Crippen LogP contribution in [0.4, 0.5) is 0 Å². The van der Waals surface area contributed by atoms with Crippen LogP contribution in [-0.2, 0) is 9.53 Å². The van der Waals surface area contributed by atoms with Crippen molar-refractivity contribution in [3.8, 4) is 0 Å². The van der Waals surface area contributed by atoms with Crippen molar-refractivity contribution < 1.29 is 9.53 Å². The van der Waals surface area contributed by atoms with Gasteiger partial charge in [-0.05, 0) is 19.3 Å². The first-order chi connectivity index (χ1) is 4.79. The molecular weight excluding hydrogens is 140 g/mol. The van der Waals surface area contributed by atoms with E-state index in [0.29, 0.717) is 0 Å². The van der Waals surface area contributed by atoms with E-state index < -0.39 is 0 Å². The van der Waals surface area contributed by atoms with Crippen LogP contribution in [0, 0.1) is 5.41 Å². The lowest BCUT2D eigenvalue weighted by Gasteiger charge is -2.23. The summed E-state index contributed by atoms with van der Waals surface area (Å²) in [4.78, 5) is 10.9. The normalized spacial score (nSPS) is 37.0. The number of ketones is 1. The summed E-state index contributed by atoms with van der Waals surface area (Å²) in [5.74, 6) is 0.141. The molecule has 0 bridgehead atoms. The minimum Gasteiger partial charge on any atom is -0.357 e. The van der Waals surface area contributed by atoms with Gasteiger partial charge in [-0.1, -0.05) is 20.8 Å². The van der Waals surface area contributed by atoms with Crippen LogP contribution in [0.1, 0.15) is 34.6 Å². The maximum Gasteiger partial charge on any atom is 0.161 e. The van der Waals surface area contributed by atoms with Crippen LogP contribution in [0.15, 0.2) is 0 Å². The molecule has 0 spiro atoms. The summed E-state index contributed by atoms with van der Waals surface area (Å²) < 4.78 is 5.38. The topological polar surface area (TPSA) is 29.6 Å². The maximum atomic E-state index is 10.9. The summed E-state index contributed by atoms with van der Waals surface area (Å²) in [7, 11) is 0. The predicted molar refractivity (Wildman–Crippen MR) is 43.4 cm³/mol. The fraction of sp³-hybridized carbons (Fsp3) is 0.889. The van der Waals surface area contributed by atoms with E-state index in [1.165, 1.54) is 0 Å². The Morgan fingerprint density at radius 1 is 1.45 bits per heavy atom. The highest BCUT2D eigenvalue weighted by Gasteiger charge is 2.61. The van der Waals surface area contributed by atoms with E-state index in [9.17, 15) is 4.79 Å². The standard InChI is InChI=1S/C9H16O2/c1-6(10)7-9(5,11-7)8(2,3)4/h7H,1-5H3. The zero-order valence-corrected chi connectivity index (χ0v) is 7.89. The smallest absolute Gasteiger partial charge is 0.161 e. The van der Waals surface area contributed by atoms with Crippen LogP contribution in [0.5, 0.6) is 0 Å². The second-order valence-electron chi connectivity index (χ2n) is 4.47. The van der Waals surface area contributed by atoms with Crippen molar-refractivity contribution >= 4 is 5.78 Å². The molecule has 11 heavy (non-hydrogen) atoms. The van der Waals surface area contributed by atoms with Crippen LogP contribution in [0.25, 0.3) is 0 Å². The van der Waals surface area contributed by atoms with Gasteiger partial charge in [-0.15, -0.1) is 0 Å². The van der Waals surface area contributed by atoms with Gasteiger partial charge in [-0.25, -0.2) is 0 Å². The molecule has 0 saturated carbocycles. The van der Waals surface area contributed by atoms with Crippen molar-refractivity contribution in [2.45, 2.75) is 46.3 Å². The summed E-state index contributed by atoms with van der Waals surface area (Å²) in [6.07, 6.45) is -0.164. The third-order valence-electron chi connectivity index (χ3n) is 2.66. The van der Waals surface area contributed by atoms with Crippen LogP contribution < -0.4 is 0 Å². The maximum absolute atomic E-state index is 10.9. The largest absolute Gasteiger partial charge is 0.357 e. The third kappa shape index (κ3) is 1.20. The van der Waals surface area contributed by atoms with Gasteiger partial charge in [0.1, 0.15) is 11.7 Å². The molecule has 0 radical (unpaired) electrons. The van der Waals surface area contributed by atoms with Gasteiger partial charge in [-0.3, -0.25) is 4.79 Å². The first-order valence-electron chi connectivity index (χ1n) is 3.97. The fourth-order valence-electron chi connectivity index (χ4n) is 1.25. The number of rotatable bonds is 1. The van der Waals surface area contributed by atoms with Gasteiger partial charge in [0.05, 0.1) is 0 Å². The van der Waals surface area contributed by atoms with Gasteiger partial charge in [0.25, 0.3) is 0 Å². The molecule has 2 nitrogen and oxygen atoms in total.